The van der Waals surface area contributed by atoms with Crippen LogP contribution >= 0.6 is 0 Å². The van der Waals surface area contributed by atoms with Gasteiger partial charge in [-0.25, -0.2) is 0 Å². The quantitative estimate of drug-likeness (QED) is 0.822. The average Bonchev–Trinajstić information content (AvgIpc) is 2.40. The summed E-state index contributed by atoms with van der Waals surface area (Å²) in [5.74, 6) is -1.05. The maximum Gasteiger partial charge on any atom is 0.411 e. The number of ketones is 1. The second-order valence-corrected chi connectivity index (χ2v) is 4.96. The molecule has 8 heteroatoms. The van der Waals surface area contributed by atoms with Gasteiger partial charge in [0, 0.05) is 6.42 Å². The lowest BCUT2D eigenvalue weighted by Gasteiger charge is -2.39. The minimum atomic E-state index is -5.70. The van der Waals surface area contributed by atoms with E-state index >= 15 is 0 Å². The molecule has 0 fully saturated rings. The first kappa shape index (κ1) is 17.1. The Hall–Kier alpha value is -2.25. The van der Waals surface area contributed by atoms with Crippen LogP contribution in [0.25, 0.3) is 0 Å². The average molecular weight is 336 g/mol. The smallest absolute Gasteiger partial charge is 0.411 e. The predicted molar refractivity (Wildman–Crippen MR) is 68.7 cm³/mol. The SMILES string of the molecule is O=C1C=CC(C(c2ccc(O)cc2)(C(F)(F)F)C(F)(F)F)=CC1. The molecule has 0 aromatic heterocycles. The number of carbonyl (C=O) groups is 1. The third kappa shape index (κ3) is 2.73. The standard InChI is InChI=1S/C15H10F6O2/c16-14(17,18)13(15(19,20)21,9-1-5-11(22)6-2-9)10-3-7-12(23)8-4-10/h1-7,22H,8H2. The molecule has 1 N–H and O–H groups in total. The van der Waals surface area contributed by atoms with Crippen LogP contribution in [0.1, 0.15) is 12.0 Å². The van der Waals surface area contributed by atoms with Crippen molar-refractivity contribution in [2.24, 2.45) is 0 Å². The van der Waals surface area contributed by atoms with Crippen molar-refractivity contribution in [2.75, 3.05) is 0 Å². The Morgan fingerprint density at radius 3 is 1.78 bits per heavy atom. The summed E-state index contributed by atoms with van der Waals surface area (Å²) in [6, 6.07) is 2.64. The molecule has 0 spiro atoms. The van der Waals surface area contributed by atoms with E-state index in [2.05, 4.69) is 0 Å². The van der Waals surface area contributed by atoms with Gasteiger partial charge >= 0.3 is 12.4 Å². The number of phenols is 1. The van der Waals surface area contributed by atoms with Crippen molar-refractivity contribution in [3.8, 4) is 5.75 Å². The molecular formula is C15H10F6O2. The molecule has 1 aromatic carbocycles. The topological polar surface area (TPSA) is 37.3 Å². The van der Waals surface area contributed by atoms with Gasteiger partial charge in [-0.2, -0.15) is 26.3 Å². The number of rotatable bonds is 2. The fourth-order valence-corrected chi connectivity index (χ4v) is 2.50. The lowest BCUT2D eigenvalue weighted by Crippen LogP contribution is -2.55. The molecule has 0 unspecified atom stereocenters. The summed E-state index contributed by atoms with van der Waals surface area (Å²) >= 11 is 0. The normalized spacial score (nSPS) is 16.4. The van der Waals surface area contributed by atoms with E-state index in [1.807, 2.05) is 0 Å². The van der Waals surface area contributed by atoms with E-state index in [-0.39, 0.29) is 0 Å². The van der Waals surface area contributed by atoms with Crippen molar-refractivity contribution >= 4 is 5.78 Å². The van der Waals surface area contributed by atoms with Crippen LogP contribution in [0.5, 0.6) is 5.75 Å². The minimum Gasteiger partial charge on any atom is -0.508 e. The summed E-state index contributed by atoms with van der Waals surface area (Å²) < 4.78 is 81.6. The first-order valence-electron chi connectivity index (χ1n) is 6.34. The highest BCUT2D eigenvalue weighted by atomic mass is 19.4. The maximum atomic E-state index is 13.6. The van der Waals surface area contributed by atoms with Crippen molar-refractivity contribution < 1.29 is 36.2 Å². The lowest BCUT2D eigenvalue weighted by molar-refractivity contribution is -0.289. The van der Waals surface area contributed by atoms with Crippen LogP contribution in [0, 0.1) is 0 Å². The van der Waals surface area contributed by atoms with Gasteiger partial charge in [0.2, 0.25) is 5.41 Å². The van der Waals surface area contributed by atoms with Crippen LogP contribution < -0.4 is 0 Å². The summed E-state index contributed by atoms with van der Waals surface area (Å²) in [7, 11) is 0. The van der Waals surface area contributed by atoms with E-state index in [4.69, 9.17) is 5.11 Å². The first-order valence-corrected chi connectivity index (χ1v) is 6.34. The summed E-state index contributed by atoms with van der Waals surface area (Å²) in [6.45, 7) is 0. The summed E-state index contributed by atoms with van der Waals surface area (Å²) in [6.07, 6.45) is -10.1. The molecule has 0 saturated carbocycles. The van der Waals surface area contributed by atoms with Gasteiger partial charge in [0.15, 0.2) is 5.78 Å². The molecule has 0 saturated heterocycles. The van der Waals surface area contributed by atoms with Crippen LogP contribution in [0.4, 0.5) is 26.3 Å². The van der Waals surface area contributed by atoms with Crippen LogP contribution in [0.3, 0.4) is 0 Å². The largest absolute Gasteiger partial charge is 0.508 e. The zero-order valence-corrected chi connectivity index (χ0v) is 11.4. The third-order valence-corrected chi connectivity index (χ3v) is 3.56. The molecule has 0 atom stereocenters. The first-order chi connectivity index (χ1) is 10.5. The molecule has 1 aliphatic carbocycles. The number of aromatic hydroxyl groups is 1. The molecule has 1 aromatic rings. The summed E-state index contributed by atoms with van der Waals surface area (Å²) in [4.78, 5) is 11.1. The number of halogens is 6. The van der Waals surface area contributed by atoms with Gasteiger partial charge in [-0.15, -0.1) is 0 Å². The molecule has 124 valence electrons. The number of hydrogen-bond donors (Lipinski definition) is 1. The summed E-state index contributed by atoms with van der Waals surface area (Å²) in [5, 5.41) is 9.14. The van der Waals surface area contributed by atoms with E-state index in [0.717, 1.165) is 12.1 Å². The van der Waals surface area contributed by atoms with E-state index in [1.165, 1.54) is 0 Å². The van der Waals surface area contributed by atoms with Gasteiger partial charge in [0.05, 0.1) is 0 Å². The van der Waals surface area contributed by atoms with Gasteiger partial charge in [-0.05, 0) is 29.3 Å². The second kappa shape index (κ2) is 5.43. The molecule has 2 rings (SSSR count). The highest BCUT2D eigenvalue weighted by Crippen LogP contribution is 2.57. The number of benzene rings is 1. The molecule has 1 aliphatic rings. The molecule has 0 amide bonds. The Bertz CT molecular complexity index is 651. The van der Waals surface area contributed by atoms with Gasteiger partial charge in [0.25, 0.3) is 0 Å². The monoisotopic (exact) mass is 336 g/mol. The maximum absolute atomic E-state index is 13.6. The predicted octanol–water partition coefficient (Wildman–Crippen LogP) is 4.21. The van der Waals surface area contributed by atoms with Crippen LogP contribution in [-0.2, 0) is 10.2 Å². The molecule has 0 radical (unpaired) electrons. The van der Waals surface area contributed by atoms with Crippen LogP contribution in [0.2, 0.25) is 0 Å². The van der Waals surface area contributed by atoms with E-state index in [9.17, 15) is 31.1 Å². The van der Waals surface area contributed by atoms with Crippen molar-refractivity contribution in [1.82, 2.24) is 0 Å². The number of phenolic OH excluding ortho intramolecular Hbond substituents is 1. The fourth-order valence-electron chi connectivity index (χ4n) is 2.50. The molecule has 23 heavy (non-hydrogen) atoms. The Balaban J connectivity index is 2.79. The van der Waals surface area contributed by atoms with Gasteiger partial charge in [-0.3, -0.25) is 4.79 Å². The number of carbonyl (C=O) groups excluding carboxylic acids is 1. The fraction of sp³-hybridized carbons (Fsp3) is 0.267. The van der Waals surface area contributed by atoms with Crippen molar-refractivity contribution in [3.63, 3.8) is 0 Å². The minimum absolute atomic E-state index is 0.463. The van der Waals surface area contributed by atoms with Crippen molar-refractivity contribution in [3.05, 3.63) is 53.6 Å². The highest BCUT2D eigenvalue weighted by molar-refractivity contribution is 5.93. The van der Waals surface area contributed by atoms with Gasteiger partial charge in [-0.1, -0.05) is 24.3 Å². The molecular weight excluding hydrogens is 326 g/mol. The van der Waals surface area contributed by atoms with E-state index in [1.54, 1.807) is 0 Å². The molecule has 0 aliphatic heterocycles. The number of alkyl halides is 6. The van der Waals surface area contributed by atoms with Gasteiger partial charge in [0.1, 0.15) is 5.75 Å². The Morgan fingerprint density at radius 2 is 1.39 bits per heavy atom. The summed E-state index contributed by atoms with van der Waals surface area (Å²) in [5.41, 5.74) is -6.42. The third-order valence-electron chi connectivity index (χ3n) is 3.56. The molecule has 2 nitrogen and oxygen atoms in total. The van der Waals surface area contributed by atoms with Gasteiger partial charge < -0.3 is 5.11 Å². The molecule has 0 heterocycles. The Morgan fingerprint density at radius 1 is 0.870 bits per heavy atom. The number of allylic oxidation sites excluding steroid dienone is 4. The van der Waals surface area contributed by atoms with Crippen LogP contribution in [-0.4, -0.2) is 23.2 Å². The lowest BCUT2D eigenvalue weighted by atomic mass is 9.71. The molecule has 0 bridgehead atoms. The van der Waals surface area contributed by atoms with Crippen molar-refractivity contribution in [1.29, 1.82) is 0 Å². The Kier molecular flexibility index (Phi) is 4.04. The Labute approximate surface area is 126 Å². The second-order valence-electron chi connectivity index (χ2n) is 4.96. The van der Waals surface area contributed by atoms with E-state index < -0.39 is 46.9 Å². The highest BCUT2D eigenvalue weighted by Gasteiger charge is 2.73. The zero-order chi connectivity index (χ0) is 17.5. The zero-order valence-electron chi connectivity index (χ0n) is 11.4. The van der Waals surface area contributed by atoms with Crippen molar-refractivity contribution in [2.45, 2.75) is 24.2 Å². The number of hydrogen-bond acceptors (Lipinski definition) is 2. The van der Waals surface area contributed by atoms with Crippen LogP contribution in [0.15, 0.2) is 48.1 Å². The van der Waals surface area contributed by atoms with E-state index in [0.29, 0.717) is 30.4 Å².